The number of hydrogen-bond donors (Lipinski definition) is 1. The fourth-order valence-corrected chi connectivity index (χ4v) is 1.51. The minimum Gasteiger partial charge on any atom is -0.279 e. The fraction of sp³-hybridized carbons (Fsp3) is 0. The summed E-state index contributed by atoms with van der Waals surface area (Å²) in [6.07, 6.45) is 1.58. The maximum absolute atomic E-state index is 10.5. The van der Waals surface area contributed by atoms with E-state index in [1.807, 2.05) is 0 Å². The predicted octanol–water partition coefficient (Wildman–Crippen LogP) is 3.69. The van der Waals surface area contributed by atoms with Crippen LogP contribution in [0.3, 0.4) is 0 Å². The van der Waals surface area contributed by atoms with Crippen LogP contribution < -0.4 is 5.43 Å². The first-order valence-electron chi connectivity index (χ1n) is 5.44. The summed E-state index contributed by atoms with van der Waals surface area (Å²) in [6, 6.07) is 13.2. The van der Waals surface area contributed by atoms with Crippen LogP contribution >= 0.6 is 11.6 Å². The van der Waals surface area contributed by atoms with Gasteiger partial charge >= 0.3 is 0 Å². The van der Waals surface area contributed by atoms with Crippen molar-refractivity contribution in [1.29, 1.82) is 0 Å². The standard InChI is InChI=1S/C13H10ClN3O2/c14-11-3-5-12(6-4-11)16-15-9-10-1-7-13(8-2-10)17(18)19/h1-9,16H. The Labute approximate surface area is 114 Å². The lowest BCUT2D eigenvalue weighted by Crippen LogP contribution is -1.91. The van der Waals surface area contributed by atoms with E-state index in [2.05, 4.69) is 10.5 Å². The second kappa shape index (κ2) is 5.97. The van der Waals surface area contributed by atoms with Crippen molar-refractivity contribution in [3.05, 3.63) is 69.2 Å². The van der Waals surface area contributed by atoms with Crippen LogP contribution in [0.15, 0.2) is 53.6 Å². The Hall–Kier alpha value is -2.40. The van der Waals surface area contributed by atoms with Crippen molar-refractivity contribution in [3.8, 4) is 0 Å². The zero-order chi connectivity index (χ0) is 13.7. The molecule has 5 nitrogen and oxygen atoms in total. The van der Waals surface area contributed by atoms with Gasteiger partial charge in [-0.15, -0.1) is 0 Å². The molecule has 0 fully saturated rings. The van der Waals surface area contributed by atoms with Gasteiger partial charge in [0, 0.05) is 17.2 Å². The van der Waals surface area contributed by atoms with E-state index in [1.165, 1.54) is 12.1 Å². The molecular weight excluding hydrogens is 266 g/mol. The average Bonchev–Trinajstić information content (AvgIpc) is 2.41. The number of nitro benzene ring substituents is 1. The third-order valence-electron chi connectivity index (χ3n) is 2.36. The van der Waals surface area contributed by atoms with E-state index in [1.54, 1.807) is 42.6 Å². The largest absolute Gasteiger partial charge is 0.279 e. The number of benzene rings is 2. The summed E-state index contributed by atoms with van der Waals surface area (Å²) in [6.45, 7) is 0. The number of halogens is 1. The van der Waals surface area contributed by atoms with Crippen molar-refractivity contribution in [2.24, 2.45) is 5.10 Å². The summed E-state index contributed by atoms with van der Waals surface area (Å²) >= 11 is 5.76. The Kier molecular flexibility index (Phi) is 4.10. The van der Waals surface area contributed by atoms with E-state index >= 15 is 0 Å². The molecule has 0 saturated heterocycles. The first-order chi connectivity index (χ1) is 9.15. The molecule has 0 spiro atoms. The summed E-state index contributed by atoms with van der Waals surface area (Å²) in [7, 11) is 0. The van der Waals surface area contributed by atoms with Crippen LogP contribution in [0.2, 0.25) is 5.02 Å². The summed E-state index contributed by atoms with van der Waals surface area (Å²) < 4.78 is 0. The van der Waals surface area contributed by atoms with Crippen molar-refractivity contribution < 1.29 is 4.92 Å². The lowest BCUT2D eigenvalue weighted by molar-refractivity contribution is -0.384. The molecule has 0 atom stereocenters. The predicted molar refractivity (Wildman–Crippen MR) is 75.8 cm³/mol. The molecule has 0 aliphatic heterocycles. The highest BCUT2D eigenvalue weighted by molar-refractivity contribution is 6.30. The van der Waals surface area contributed by atoms with E-state index < -0.39 is 4.92 Å². The molecule has 6 heteroatoms. The minimum absolute atomic E-state index is 0.0582. The Morgan fingerprint density at radius 2 is 1.74 bits per heavy atom. The van der Waals surface area contributed by atoms with Gasteiger partial charge in [0.05, 0.1) is 16.8 Å². The normalized spacial score (nSPS) is 10.6. The molecule has 0 aliphatic rings. The number of nitrogens with one attached hydrogen (secondary N) is 1. The lowest BCUT2D eigenvalue weighted by atomic mass is 10.2. The van der Waals surface area contributed by atoms with Crippen LogP contribution in [0, 0.1) is 10.1 Å². The number of non-ortho nitro benzene ring substituents is 1. The van der Waals surface area contributed by atoms with Crippen molar-refractivity contribution in [2.75, 3.05) is 5.43 Å². The number of hydrogen-bond acceptors (Lipinski definition) is 4. The van der Waals surface area contributed by atoms with Gasteiger partial charge in [-0.1, -0.05) is 11.6 Å². The first kappa shape index (κ1) is 13.0. The minimum atomic E-state index is -0.438. The third kappa shape index (κ3) is 3.79. The number of nitrogens with zero attached hydrogens (tertiary/aromatic N) is 2. The number of hydrazone groups is 1. The van der Waals surface area contributed by atoms with Crippen LogP contribution in [0.4, 0.5) is 11.4 Å². The van der Waals surface area contributed by atoms with Gasteiger partial charge in [-0.25, -0.2) is 0 Å². The Morgan fingerprint density at radius 3 is 2.32 bits per heavy atom. The van der Waals surface area contributed by atoms with E-state index in [0.29, 0.717) is 5.02 Å². The van der Waals surface area contributed by atoms with E-state index in [-0.39, 0.29) is 5.69 Å². The van der Waals surface area contributed by atoms with Crippen molar-refractivity contribution in [2.45, 2.75) is 0 Å². The summed E-state index contributed by atoms with van der Waals surface area (Å²) in [4.78, 5) is 10.0. The molecule has 19 heavy (non-hydrogen) atoms. The molecule has 0 amide bonds. The number of rotatable bonds is 4. The van der Waals surface area contributed by atoms with Crippen LogP contribution in [0.1, 0.15) is 5.56 Å². The molecule has 2 aromatic carbocycles. The maximum atomic E-state index is 10.5. The molecule has 0 radical (unpaired) electrons. The van der Waals surface area contributed by atoms with Gasteiger partial charge in [-0.2, -0.15) is 5.10 Å². The van der Waals surface area contributed by atoms with Crippen molar-refractivity contribution >= 4 is 29.2 Å². The second-order valence-corrected chi connectivity index (χ2v) is 4.16. The Balaban J connectivity index is 1.98. The van der Waals surface area contributed by atoms with Gasteiger partial charge in [-0.3, -0.25) is 15.5 Å². The molecule has 0 saturated carbocycles. The SMILES string of the molecule is O=[N+]([O-])c1ccc(C=NNc2ccc(Cl)cc2)cc1. The molecule has 2 aromatic rings. The van der Waals surface area contributed by atoms with Crippen LogP contribution in [0.25, 0.3) is 0 Å². The highest BCUT2D eigenvalue weighted by atomic mass is 35.5. The van der Waals surface area contributed by atoms with Gasteiger partial charge in [-0.05, 0) is 42.0 Å². The third-order valence-corrected chi connectivity index (χ3v) is 2.61. The monoisotopic (exact) mass is 275 g/mol. The molecular formula is C13H10ClN3O2. The molecule has 0 aliphatic carbocycles. The molecule has 96 valence electrons. The number of nitro groups is 1. The molecule has 2 rings (SSSR count). The maximum Gasteiger partial charge on any atom is 0.269 e. The quantitative estimate of drug-likeness (QED) is 0.525. The van der Waals surface area contributed by atoms with Gasteiger partial charge < -0.3 is 0 Å². The molecule has 0 unspecified atom stereocenters. The Bertz CT molecular complexity index is 594. The van der Waals surface area contributed by atoms with Crippen LogP contribution in [-0.4, -0.2) is 11.1 Å². The molecule has 0 heterocycles. The average molecular weight is 276 g/mol. The highest BCUT2D eigenvalue weighted by Crippen LogP contribution is 2.13. The zero-order valence-corrected chi connectivity index (χ0v) is 10.5. The Morgan fingerprint density at radius 1 is 1.11 bits per heavy atom. The van der Waals surface area contributed by atoms with Gasteiger partial charge in [0.1, 0.15) is 0 Å². The van der Waals surface area contributed by atoms with E-state index in [4.69, 9.17) is 11.6 Å². The molecule has 0 aromatic heterocycles. The fourth-order valence-electron chi connectivity index (χ4n) is 1.39. The lowest BCUT2D eigenvalue weighted by Gasteiger charge is -1.99. The molecule has 1 N–H and O–H groups in total. The van der Waals surface area contributed by atoms with Gasteiger partial charge in [0.2, 0.25) is 0 Å². The first-order valence-corrected chi connectivity index (χ1v) is 5.82. The zero-order valence-electron chi connectivity index (χ0n) is 9.79. The van der Waals surface area contributed by atoms with E-state index in [0.717, 1.165) is 11.3 Å². The second-order valence-electron chi connectivity index (χ2n) is 3.73. The topological polar surface area (TPSA) is 67.5 Å². The van der Waals surface area contributed by atoms with Crippen molar-refractivity contribution in [3.63, 3.8) is 0 Å². The van der Waals surface area contributed by atoms with Gasteiger partial charge in [0.15, 0.2) is 0 Å². The number of anilines is 1. The van der Waals surface area contributed by atoms with Crippen LogP contribution in [-0.2, 0) is 0 Å². The summed E-state index contributed by atoms with van der Waals surface area (Å²) in [5.41, 5.74) is 4.47. The molecule has 0 bridgehead atoms. The van der Waals surface area contributed by atoms with Crippen LogP contribution in [0.5, 0.6) is 0 Å². The smallest absolute Gasteiger partial charge is 0.269 e. The highest BCUT2D eigenvalue weighted by Gasteiger charge is 2.02. The summed E-state index contributed by atoms with van der Waals surface area (Å²) in [5.74, 6) is 0. The van der Waals surface area contributed by atoms with E-state index in [9.17, 15) is 10.1 Å². The van der Waals surface area contributed by atoms with Crippen molar-refractivity contribution in [1.82, 2.24) is 0 Å². The van der Waals surface area contributed by atoms with Gasteiger partial charge in [0.25, 0.3) is 5.69 Å². The summed E-state index contributed by atoms with van der Waals surface area (Å²) in [5, 5.41) is 15.2.